The van der Waals surface area contributed by atoms with Crippen molar-refractivity contribution in [1.29, 1.82) is 0 Å². The van der Waals surface area contributed by atoms with Gasteiger partial charge in [0.2, 0.25) is 0 Å². The molecule has 2 aromatic heterocycles. The summed E-state index contributed by atoms with van der Waals surface area (Å²) >= 11 is 7.57. The van der Waals surface area contributed by atoms with Crippen LogP contribution in [0.2, 0.25) is 5.02 Å². The number of rotatable bonds is 5. The summed E-state index contributed by atoms with van der Waals surface area (Å²) in [4.78, 5) is 37.4. The molecule has 2 fully saturated rings. The first-order valence-electron chi connectivity index (χ1n) is 11.8. The molecule has 0 spiro atoms. The van der Waals surface area contributed by atoms with Crippen LogP contribution < -0.4 is 10.9 Å². The highest BCUT2D eigenvalue weighted by Crippen LogP contribution is 2.35. The molecule has 0 unspecified atom stereocenters. The molecule has 184 valence electrons. The fourth-order valence-corrected chi connectivity index (χ4v) is 5.84. The molecule has 0 saturated carbocycles. The van der Waals surface area contributed by atoms with Crippen LogP contribution in [0.4, 0.5) is 10.5 Å². The number of halogens is 1. The number of aromatic nitrogens is 3. The molecular weight excluding hydrogens is 498 g/mol. The standard InChI is InChI=1S/C26H24ClN5O3S/c1-15-29-23-9-20(24-11-28-14-36-24)22(30-18-6-7-31-19(8-18)13-35-26(31)34)10-21(23)25(33)32(15)12-16-2-4-17(27)5-3-16/h2-5,9-11,14,18-19,30H,6-8,12-13H2,1H3/t18-,19-/m0/s1. The van der Waals surface area contributed by atoms with Gasteiger partial charge in [-0.05, 0) is 49.6 Å². The maximum atomic E-state index is 13.6. The van der Waals surface area contributed by atoms with Crippen molar-refractivity contribution >= 4 is 45.6 Å². The predicted molar refractivity (Wildman–Crippen MR) is 141 cm³/mol. The van der Waals surface area contributed by atoms with Crippen molar-refractivity contribution in [2.75, 3.05) is 18.5 Å². The number of fused-ring (bicyclic) bond motifs is 2. The normalized spacial score (nSPS) is 19.4. The maximum absolute atomic E-state index is 13.6. The Balaban J connectivity index is 1.39. The van der Waals surface area contributed by atoms with Crippen LogP contribution in [-0.2, 0) is 11.3 Å². The average Bonchev–Trinajstić information content (AvgIpc) is 3.53. The summed E-state index contributed by atoms with van der Waals surface area (Å²) in [6, 6.07) is 11.6. The van der Waals surface area contributed by atoms with E-state index < -0.39 is 0 Å². The average molecular weight is 522 g/mol. The topological polar surface area (TPSA) is 89.4 Å². The molecule has 4 aromatic rings. The number of carbonyl (C=O) groups is 1. The quantitative estimate of drug-likeness (QED) is 0.401. The zero-order valence-electron chi connectivity index (χ0n) is 19.6. The minimum atomic E-state index is -0.225. The summed E-state index contributed by atoms with van der Waals surface area (Å²) in [5.41, 5.74) is 5.18. The second-order valence-corrected chi connectivity index (χ2v) is 10.6. The van der Waals surface area contributed by atoms with Gasteiger partial charge in [-0.25, -0.2) is 9.78 Å². The number of hydrogen-bond donors (Lipinski definition) is 1. The number of aryl methyl sites for hydroxylation is 1. The Bertz CT molecular complexity index is 1500. The Morgan fingerprint density at radius 1 is 1.22 bits per heavy atom. The van der Waals surface area contributed by atoms with Gasteiger partial charge in [0.1, 0.15) is 12.4 Å². The van der Waals surface area contributed by atoms with E-state index in [2.05, 4.69) is 10.3 Å². The SMILES string of the molecule is Cc1nc2cc(-c3cncs3)c(N[C@H]3CCN4C(=O)OC[C@@H]4C3)cc2c(=O)n1Cc1ccc(Cl)cc1. The van der Waals surface area contributed by atoms with E-state index in [1.807, 2.05) is 54.4 Å². The Kier molecular flexibility index (Phi) is 5.89. The third-order valence-electron chi connectivity index (χ3n) is 6.95. The summed E-state index contributed by atoms with van der Waals surface area (Å²) in [5, 5.41) is 4.88. The first kappa shape index (κ1) is 23.0. The zero-order valence-corrected chi connectivity index (χ0v) is 21.2. The van der Waals surface area contributed by atoms with Crippen molar-refractivity contribution in [3.8, 4) is 10.4 Å². The third-order valence-corrected chi connectivity index (χ3v) is 8.00. The summed E-state index contributed by atoms with van der Waals surface area (Å²) < 4.78 is 6.92. The van der Waals surface area contributed by atoms with Gasteiger partial charge >= 0.3 is 6.09 Å². The van der Waals surface area contributed by atoms with E-state index in [1.54, 1.807) is 21.4 Å². The van der Waals surface area contributed by atoms with E-state index in [9.17, 15) is 9.59 Å². The van der Waals surface area contributed by atoms with Crippen LogP contribution >= 0.6 is 22.9 Å². The van der Waals surface area contributed by atoms with Crippen LogP contribution in [0.25, 0.3) is 21.3 Å². The van der Waals surface area contributed by atoms with Gasteiger partial charge in [-0.15, -0.1) is 11.3 Å². The molecule has 0 bridgehead atoms. The second-order valence-electron chi connectivity index (χ2n) is 9.25. The van der Waals surface area contributed by atoms with Crippen LogP contribution in [0, 0.1) is 6.92 Å². The highest BCUT2D eigenvalue weighted by Gasteiger charge is 2.38. The Morgan fingerprint density at radius 3 is 2.83 bits per heavy atom. The molecule has 1 amide bonds. The van der Waals surface area contributed by atoms with E-state index >= 15 is 0 Å². The van der Waals surface area contributed by atoms with E-state index in [0.29, 0.717) is 41.4 Å². The smallest absolute Gasteiger partial charge is 0.410 e. The summed E-state index contributed by atoms with van der Waals surface area (Å²) in [6.07, 6.45) is 3.20. The van der Waals surface area contributed by atoms with Crippen molar-refractivity contribution in [3.63, 3.8) is 0 Å². The lowest BCUT2D eigenvalue weighted by molar-refractivity contribution is 0.153. The summed E-state index contributed by atoms with van der Waals surface area (Å²) in [6.45, 7) is 3.35. The lowest BCUT2D eigenvalue weighted by Gasteiger charge is -2.33. The van der Waals surface area contributed by atoms with Gasteiger partial charge in [0.15, 0.2) is 0 Å². The number of hydrogen-bond acceptors (Lipinski definition) is 7. The minimum Gasteiger partial charge on any atom is -0.447 e. The second kappa shape index (κ2) is 9.22. The van der Waals surface area contributed by atoms with E-state index in [0.717, 1.165) is 34.5 Å². The van der Waals surface area contributed by atoms with Crippen molar-refractivity contribution in [2.24, 2.45) is 0 Å². The number of nitrogens with one attached hydrogen (secondary N) is 1. The number of piperidine rings is 1. The van der Waals surface area contributed by atoms with Crippen LogP contribution in [0.3, 0.4) is 0 Å². The summed E-state index contributed by atoms with van der Waals surface area (Å²) in [7, 11) is 0. The molecule has 10 heteroatoms. The number of cyclic esters (lactones) is 1. The number of ether oxygens (including phenoxy) is 1. The van der Waals surface area contributed by atoms with Crippen molar-refractivity contribution < 1.29 is 9.53 Å². The fourth-order valence-electron chi connectivity index (χ4n) is 5.06. The highest BCUT2D eigenvalue weighted by molar-refractivity contribution is 7.13. The van der Waals surface area contributed by atoms with Crippen LogP contribution in [0.15, 0.2) is 52.9 Å². The number of benzene rings is 2. The Hall–Kier alpha value is -3.43. The number of anilines is 1. The number of carbonyl (C=O) groups excluding carboxylic acids is 1. The monoisotopic (exact) mass is 521 g/mol. The number of thiazole rings is 1. The first-order chi connectivity index (χ1) is 17.5. The molecule has 2 atom stereocenters. The number of nitrogens with zero attached hydrogens (tertiary/aromatic N) is 4. The molecule has 4 heterocycles. The minimum absolute atomic E-state index is 0.0805. The molecule has 36 heavy (non-hydrogen) atoms. The molecule has 2 saturated heterocycles. The van der Waals surface area contributed by atoms with Gasteiger partial charge < -0.3 is 15.0 Å². The predicted octanol–water partition coefficient (Wildman–Crippen LogP) is 4.93. The molecule has 8 nitrogen and oxygen atoms in total. The third kappa shape index (κ3) is 4.22. The van der Waals surface area contributed by atoms with Crippen molar-refractivity contribution in [1.82, 2.24) is 19.4 Å². The molecule has 6 rings (SSSR count). The van der Waals surface area contributed by atoms with Gasteiger partial charge in [-0.1, -0.05) is 23.7 Å². The lowest BCUT2D eigenvalue weighted by atomic mass is 9.97. The van der Waals surface area contributed by atoms with Gasteiger partial charge in [0.25, 0.3) is 5.56 Å². The zero-order chi connectivity index (χ0) is 24.8. The van der Waals surface area contributed by atoms with Gasteiger partial charge in [0, 0.05) is 35.1 Å². The lowest BCUT2D eigenvalue weighted by Crippen LogP contribution is -2.45. The van der Waals surface area contributed by atoms with Gasteiger partial charge in [0.05, 0.1) is 33.9 Å². The molecular formula is C26H24ClN5O3S. The van der Waals surface area contributed by atoms with Crippen molar-refractivity contribution in [2.45, 2.75) is 38.4 Å². The van der Waals surface area contributed by atoms with Crippen LogP contribution in [0.5, 0.6) is 0 Å². The fraction of sp³-hybridized carbons (Fsp3) is 0.308. The Morgan fingerprint density at radius 2 is 2.06 bits per heavy atom. The molecule has 0 aliphatic carbocycles. The maximum Gasteiger partial charge on any atom is 0.410 e. The first-order valence-corrected chi connectivity index (χ1v) is 13.1. The van der Waals surface area contributed by atoms with Crippen LogP contribution in [-0.4, -0.2) is 50.8 Å². The van der Waals surface area contributed by atoms with E-state index in [4.69, 9.17) is 21.3 Å². The molecule has 2 aromatic carbocycles. The molecule has 2 aliphatic rings. The molecule has 1 N–H and O–H groups in total. The highest BCUT2D eigenvalue weighted by atomic mass is 35.5. The van der Waals surface area contributed by atoms with E-state index in [1.165, 1.54) is 0 Å². The Labute approximate surface area is 216 Å². The summed E-state index contributed by atoms with van der Waals surface area (Å²) in [5.74, 6) is 0.650. The van der Waals surface area contributed by atoms with Gasteiger partial charge in [-0.3, -0.25) is 14.3 Å². The molecule has 2 aliphatic heterocycles. The van der Waals surface area contributed by atoms with Crippen LogP contribution in [0.1, 0.15) is 24.2 Å². The van der Waals surface area contributed by atoms with Crippen molar-refractivity contribution in [3.05, 3.63) is 74.9 Å². The van der Waals surface area contributed by atoms with Gasteiger partial charge in [-0.2, -0.15) is 0 Å². The number of amides is 1. The largest absolute Gasteiger partial charge is 0.447 e. The molecule has 0 radical (unpaired) electrons. The van der Waals surface area contributed by atoms with E-state index in [-0.39, 0.29) is 23.7 Å².